The van der Waals surface area contributed by atoms with Crippen LogP contribution in [0.15, 0.2) is 30.3 Å². The lowest BCUT2D eigenvalue weighted by molar-refractivity contribution is 0.137. The number of hydrogen-bond donors (Lipinski definition) is 1. The molecular formula is C15H26N2. The van der Waals surface area contributed by atoms with Gasteiger partial charge in [-0.15, -0.1) is 0 Å². The lowest BCUT2D eigenvalue weighted by Gasteiger charge is -2.40. The summed E-state index contributed by atoms with van der Waals surface area (Å²) >= 11 is 0. The van der Waals surface area contributed by atoms with E-state index in [2.05, 4.69) is 75.5 Å². The van der Waals surface area contributed by atoms with Crippen LogP contribution in [0.2, 0.25) is 0 Å². The van der Waals surface area contributed by atoms with Crippen molar-refractivity contribution >= 4 is 0 Å². The molecule has 0 aromatic heterocycles. The molecule has 1 rings (SSSR count). The normalized spacial score (nSPS) is 14.0. The Balaban J connectivity index is 2.59. The van der Waals surface area contributed by atoms with E-state index in [4.69, 9.17) is 0 Å². The van der Waals surface area contributed by atoms with Crippen LogP contribution in [-0.2, 0) is 6.42 Å². The van der Waals surface area contributed by atoms with Gasteiger partial charge in [-0.05, 0) is 53.4 Å². The molecule has 1 atom stereocenters. The van der Waals surface area contributed by atoms with Gasteiger partial charge in [0.15, 0.2) is 0 Å². The first-order valence-electron chi connectivity index (χ1n) is 6.37. The van der Waals surface area contributed by atoms with Crippen molar-refractivity contribution < 1.29 is 0 Å². The van der Waals surface area contributed by atoms with Gasteiger partial charge < -0.3 is 10.2 Å². The number of hydrogen-bond acceptors (Lipinski definition) is 2. The van der Waals surface area contributed by atoms with Crippen LogP contribution in [0.1, 0.15) is 25.8 Å². The highest BCUT2D eigenvalue weighted by Crippen LogP contribution is 2.19. The molecule has 0 heterocycles. The molecule has 0 spiro atoms. The monoisotopic (exact) mass is 234 g/mol. The van der Waals surface area contributed by atoms with Crippen molar-refractivity contribution in [3.8, 4) is 0 Å². The second-order valence-electron chi connectivity index (χ2n) is 5.41. The molecule has 1 aromatic carbocycles. The predicted octanol–water partition coefficient (Wildman–Crippen LogP) is 2.55. The fourth-order valence-corrected chi connectivity index (χ4v) is 2.12. The minimum atomic E-state index is 0.170. The Labute approximate surface area is 106 Å². The van der Waals surface area contributed by atoms with E-state index in [0.29, 0.717) is 6.04 Å². The van der Waals surface area contributed by atoms with E-state index in [0.717, 1.165) is 12.8 Å². The molecule has 0 amide bonds. The van der Waals surface area contributed by atoms with Crippen molar-refractivity contribution in [3.05, 3.63) is 35.9 Å². The topological polar surface area (TPSA) is 15.3 Å². The van der Waals surface area contributed by atoms with Gasteiger partial charge in [-0.1, -0.05) is 30.3 Å². The maximum atomic E-state index is 3.45. The highest BCUT2D eigenvalue weighted by atomic mass is 15.2. The summed E-state index contributed by atoms with van der Waals surface area (Å²) < 4.78 is 0. The molecule has 0 aliphatic carbocycles. The average Bonchev–Trinajstić information content (AvgIpc) is 2.30. The SMILES string of the molecule is CNC(CCc1ccccc1)C(C)(C)N(C)C. The largest absolute Gasteiger partial charge is 0.315 e. The number of rotatable bonds is 6. The fraction of sp³-hybridized carbons (Fsp3) is 0.600. The van der Waals surface area contributed by atoms with Gasteiger partial charge in [-0.3, -0.25) is 0 Å². The highest BCUT2D eigenvalue weighted by Gasteiger charge is 2.29. The summed E-state index contributed by atoms with van der Waals surface area (Å²) in [5, 5.41) is 3.45. The number of aryl methyl sites for hydroxylation is 1. The molecule has 0 bridgehead atoms. The molecule has 96 valence electrons. The smallest absolute Gasteiger partial charge is 0.0300 e. The summed E-state index contributed by atoms with van der Waals surface area (Å²) in [7, 11) is 6.35. The van der Waals surface area contributed by atoms with Crippen LogP contribution in [0.25, 0.3) is 0 Å². The Morgan fingerprint density at radius 1 is 1.18 bits per heavy atom. The molecule has 0 radical (unpaired) electrons. The van der Waals surface area contributed by atoms with Crippen molar-refractivity contribution in [2.45, 2.75) is 38.3 Å². The van der Waals surface area contributed by atoms with Crippen molar-refractivity contribution in [2.75, 3.05) is 21.1 Å². The molecule has 0 fully saturated rings. The van der Waals surface area contributed by atoms with Gasteiger partial charge in [0.05, 0.1) is 0 Å². The molecule has 0 aliphatic heterocycles. The molecule has 0 saturated heterocycles. The third-order valence-electron chi connectivity index (χ3n) is 3.92. The van der Waals surface area contributed by atoms with Crippen LogP contribution in [0, 0.1) is 0 Å². The van der Waals surface area contributed by atoms with Crippen molar-refractivity contribution in [1.29, 1.82) is 0 Å². The second-order valence-corrected chi connectivity index (χ2v) is 5.41. The van der Waals surface area contributed by atoms with E-state index in [-0.39, 0.29) is 5.54 Å². The van der Waals surface area contributed by atoms with Gasteiger partial charge in [-0.25, -0.2) is 0 Å². The first-order valence-corrected chi connectivity index (χ1v) is 6.37. The van der Waals surface area contributed by atoms with Gasteiger partial charge in [0.2, 0.25) is 0 Å². The van der Waals surface area contributed by atoms with E-state index < -0.39 is 0 Å². The van der Waals surface area contributed by atoms with Crippen LogP contribution < -0.4 is 5.32 Å². The maximum absolute atomic E-state index is 3.45. The number of nitrogens with one attached hydrogen (secondary N) is 1. The first kappa shape index (κ1) is 14.2. The van der Waals surface area contributed by atoms with Crippen LogP contribution in [0.5, 0.6) is 0 Å². The molecule has 1 aromatic rings. The highest BCUT2D eigenvalue weighted by molar-refractivity contribution is 5.15. The van der Waals surface area contributed by atoms with E-state index in [9.17, 15) is 0 Å². The summed E-state index contributed by atoms with van der Waals surface area (Å²) in [6.45, 7) is 4.58. The van der Waals surface area contributed by atoms with Crippen LogP contribution in [0.4, 0.5) is 0 Å². The Morgan fingerprint density at radius 3 is 2.24 bits per heavy atom. The molecule has 0 saturated carbocycles. The number of benzene rings is 1. The second kappa shape index (κ2) is 6.18. The number of likely N-dealkylation sites (N-methyl/N-ethyl adjacent to an activating group) is 2. The number of nitrogens with zero attached hydrogens (tertiary/aromatic N) is 1. The van der Waals surface area contributed by atoms with Gasteiger partial charge in [0.1, 0.15) is 0 Å². The quantitative estimate of drug-likeness (QED) is 0.814. The minimum absolute atomic E-state index is 0.170. The van der Waals surface area contributed by atoms with Gasteiger partial charge in [-0.2, -0.15) is 0 Å². The van der Waals surface area contributed by atoms with Crippen molar-refractivity contribution in [1.82, 2.24) is 10.2 Å². The van der Waals surface area contributed by atoms with Gasteiger partial charge in [0, 0.05) is 11.6 Å². The van der Waals surface area contributed by atoms with Crippen LogP contribution in [-0.4, -0.2) is 37.6 Å². The standard InChI is InChI=1S/C15H26N2/c1-15(2,17(4)5)14(16-3)12-11-13-9-7-6-8-10-13/h6-10,14,16H,11-12H2,1-5H3. The zero-order valence-corrected chi connectivity index (χ0v) is 11.8. The Hall–Kier alpha value is -0.860. The predicted molar refractivity (Wildman–Crippen MR) is 75.4 cm³/mol. The van der Waals surface area contributed by atoms with E-state index in [1.54, 1.807) is 0 Å². The first-order chi connectivity index (χ1) is 7.98. The summed E-state index contributed by atoms with van der Waals surface area (Å²) in [6, 6.07) is 11.2. The molecule has 2 heteroatoms. The van der Waals surface area contributed by atoms with Crippen molar-refractivity contribution in [2.24, 2.45) is 0 Å². The summed E-state index contributed by atoms with van der Waals surface area (Å²) in [4.78, 5) is 2.29. The molecule has 17 heavy (non-hydrogen) atoms. The Morgan fingerprint density at radius 2 is 1.76 bits per heavy atom. The molecule has 1 N–H and O–H groups in total. The Kier molecular flexibility index (Phi) is 5.16. The third kappa shape index (κ3) is 3.83. The van der Waals surface area contributed by atoms with E-state index in [1.807, 2.05) is 0 Å². The minimum Gasteiger partial charge on any atom is -0.315 e. The third-order valence-corrected chi connectivity index (χ3v) is 3.92. The van der Waals surface area contributed by atoms with E-state index >= 15 is 0 Å². The zero-order chi connectivity index (χ0) is 12.9. The lowest BCUT2D eigenvalue weighted by atomic mass is 9.88. The zero-order valence-electron chi connectivity index (χ0n) is 11.8. The van der Waals surface area contributed by atoms with Gasteiger partial charge >= 0.3 is 0 Å². The summed E-state index contributed by atoms with van der Waals surface area (Å²) in [6.07, 6.45) is 2.29. The van der Waals surface area contributed by atoms with Crippen LogP contribution in [0.3, 0.4) is 0 Å². The van der Waals surface area contributed by atoms with E-state index in [1.165, 1.54) is 5.56 Å². The average molecular weight is 234 g/mol. The lowest BCUT2D eigenvalue weighted by Crippen LogP contribution is -2.54. The molecular weight excluding hydrogens is 208 g/mol. The fourth-order valence-electron chi connectivity index (χ4n) is 2.12. The van der Waals surface area contributed by atoms with Crippen LogP contribution >= 0.6 is 0 Å². The molecule has 2 nitrogen and oxygen atoms in total. The van der Waals surface area contributed by atoms with Crippen molar-refractivity contribution in [3.63, 3.8) is 0 Å². The maximum Gasteiger partial charge on any atom is 0.0300 e. The summed E-state index contributed by atoms with van der Waals surface area (Å²) in [5.74, 6) is 0. The van der Waals surface area contributed by atoms with Gasteiger partial charge in [0.25, 0.3) is 0 Å². The summed E-state index contributed by atoms with van der Waals surface area (Å²) in [5.41, 5.74) is 1.59. The molecule has 1 unspecified atom stereocenters. The molecule has 0 aliphatic rings. The Bertz CT molecular complexity index is 317.